The molecule has 11 heavy (non-hydrogen) atoms. The molecule has 2 N–H and O–H groups in total. The maximum absolute atomic E-state index is 9.00. The van der Waals surface area contributed by atoms with Crippen molar-refractivity contribution in [2.75, 3.05) is 5.75 Å². The summed E-state index contributed by atoms with van der Waals surface area (Å²) in [7, 11) is 0. The minimum absolute atomic E-state index is 0.0186. The summed E-state index contributed by atoms with van der Waals surface area (Å²) >= 11 is 8.69. The van der Waals surface area contributed by atoms with E-state index in [0.717, 1.165) is 0 Å². The van der Waals surface area contributed by atoms with Crippen LogP contribution in [0.2, 0.25) is 0 Å². The Kier molecular flexibility index (Phi) is 4.36. The number of thiocarbonyl (C=S) groups is 1. The van der Waals surface area contributed by atoms with Gasteiger partial charge in [-0.05, 0) is 33.0 Å². The lowest BCUT2D eigenvalue weighted by molar-refractivity contribution is 0.392. The second-order valence-electron chi connectivity index (χ2n) is 3.47. The molecule has 0 aliphatic carbocycles. The third-order valence-corrected chi connectivity index (χ3v) is 1.74. The minimum atomic E-state index is -0.187. The van der Waals surface area contributed by atoms with Crippen molar-refractivity contribution in [3.63, 3.8) is 0 Å². The molecular formula is C7H15NOS2. The van der Waals surface area contributed by atoms with Crippen molar-refractivity contribution >= 4 is 29.9 Å². The fourth-order valence-corrected chi connectivity index (χ4v) is 1.24. The van der Waals surface area contributed by atoms with E-state index < -0.39 is 0 Å². The van der Waals surface area contributed by atoms with E-state index in [1.807, 2.05) is 20.8 Å². The van der Waals surface area contributed by atoms with Crippen molar-refractivity contribution in [1.82, 2.24) is 5.32 Å². The molecule has 0 saturated carbocycles. The zero-order chi connectivity index (χ0) is 9.07. The van der Waals surface area contributed by atoms with Crippen LogP contribution in [-0.4, -0.2) is 27.5 Å². The highest BCUT2D eigenvalue weighted by atomic mass is 32.1. The SMILES string of the molecule is CC(C)(C)N[C@@H](CS)C(O)=S. The molecule has 0 aromatic heterocycles. The first kappa shape index (κ1) is 11.2. The van der Waals surface area contributed by atoms with Crippen LogP contribution in [0.5, 0.6) is 0 Å². The van der Waals surface area contributed by atoms with Crippen LogP contribution in [-0.2, 0) is 0 Å². The van der Waals surface area contributed by atoms with Gasteiger partial charge in [0.1, 0.15) is 0 Å². The molecule has 0 fully saturated rings. The third-order valence-electron chi connectivity index (χ3n) is 1.09. The van der Waals surface area contributed by atoms with E-state index in [1.165, 1.54) is 0 Å². The first-order valence-corrected chi connectivity index (χ1v) is 4.52. The van der Waals surface area contributed by atoms with E-state index in [1.54, 1.807) is 0 Å². The van der Waals surface area contributed by atoms with Gasteiger partial charge in [0.15, 0.2) is 5.05 Å². The van der Waals surface area contributed by atoms with Crippen LogP contribution < -0.4 is 5.32 Å². The molecule has 0 saturated heterocycles. The second kappa shape index (κ2) is 4.28. The topological polar surface area (TPSA) is 32.3 Å². The van der Waals surface area contributed by atoms with Gasteiger partial charge < -0.3 is 10.4 Å². The lowest BCUT2D eigenvalue weighted by Crippen LogP contribution is -2.48. The Hall–Kier alpha value is 0.200. The Balaban J connectivity index is 3.99. The van der Waals surface area contributed by atoms with Gasteiger partial charge in [-0.2, -0.15) is 12.6 Å². The number of thiol groups is 1. The van der Waals surface area contributed by atoms with Gasteiger partial charge in [0.05, 0.1) is 6.04 Å². The van der Waals surface area contributed by atoms with Crippen LogP contribution in [0.15, 0.2) is 0 Å². The van der Waals surface area contributed by atoms with Crippen LogP contribution in [0.4, 0.5) is 0 Å². The molecule has 0 aliphatic rings. The van der Waals surface area contributed by atoms with Crippen molar-refractivity contribution < 1.29 is 5.11 Å². The average Bonchev–Trinajstić information content (AvgIpc) is 1.80. The van der Waals surface area contributed by atoms with Crippen LogP contribution >= 0.6 is 24.8 Å². The number of rotatable bonds is 3. The summed E-state index contributed by atoms with van der Waals surface area (Å²) in [6, 6.07) is -0.187. The molecule has 0 radical (unpaired) electrons. The molecule has 0 bridgehead atoms. The molecule has 0 aromatic rings. The van der Waals surface area contributed by atoms with Crippen molar-refractivity contribution in [2.45, 2.75) is 32.4 Å². The van der Waals surface area contributed by atoms with E-state index in [0.29, 0.717) is 5.75 Å². The Morgan fingerprint density at radius 3 is 2.18 bits per heavy atom. The van der Waals surface area contributed by atoms with E-state index in [-0.39, 0.29) is 16.6 Å². The zero-order valence-electron chi connectivity index (χ0n) is 7.09. The molecule has 0 spiro atoms. The van der Waals surface area contributed by atoms with Gasteiger partial charge in [-0.25, -0.2) is 0 Å². The number of aliphatic hydroxyl groups excluding tert-OH is 1. The molecule has 0 heterocycles. The highest BCUT2D eigenvalue weighted by Gasteiger charge is 2.18. The number of nitrogens with one attached hydrogen (secondary N) is 1. The maximum Gasteiger partial charge on any atom is 0.174 e. The Labute approximate surface area is 78.8 Å². The Bertz CT molecular complexity index is 142. The summed E-state index contributed by atoms with van der Waals surface area (Å²) in [4.78, 5) is 0. The van der Waals surface area contributed by atoms with Gasteiger partial charge in [0.2, 0.25) is 0 Å². The predicted molar refractivity (Wildman–Crippen MR) is 55.8 cm³/mol. The molecule has 0 aliphatic heterocycles. The molecule has 2 nitrogen and oxygen atoms in total. The highest BCUT2D eigenvalue weighted by molar-refractivity contribution is 7.81. The summed E-state index contributed by atoms with van der Waals surface area (Å²) in [6.45, 7) is 6.05. The predicted octanol–water partition coefficient (Wildman–Crippen LogP) is 1.56. The third kappa shape index (κ3) is 5.47. The summed E-state index contributed by atoms with van der Waals surface area (Å²) in [5.74, 6) is 0.520. The monoisotopic (exact) mass is 193 g/mol. The van der Waals surface area contributed by atoms with Crippen LogP contribution in [0.3, 0.4) is 0 Å². The summed E-state index contributed by atoms with van der Waals surface area (Å²) in [5.41, 5.74) is -0.0415. The van der Waals surface area contributed by atoms with Gasteiger partial charge in [-0.15, -0.1) is 0 Å². The normalized spacial score (nSPS) is 14.5. The first-order valence-electron chi connectivity index (χ1n) is 3.48. The Morgan fingerprint density at radius 1 is 1.64 bits per heavy atom. The van der Waals surface area contributed by atoms with Gasteiger partial charge in [0, 0.05) is 11.3 Å². The number of aliphatic hydroxyl groups is 1. The fraction of sp³-hybridized carbons (Fsp3) is 0.857. The number of hydrogen-bond donors (Lipinski definition) is 3. The molecule has 0 aromatic carbocycles. The van der Waals surface area contributed by atoms with Gasteiger partial charge in [0.25, 0.3) is 0 Å². The molecule has 4 heteroatoms. The molecule has 0 rings (SSSR count). The minimum Gasteiger partial charge on any atom is -0.501 e. The quantitative estimate of drug-likeness (QED) is 0.470. The molecule has 0 unspecified atom stereocenters. The van der Waals surface area contributed by atoms with Crippen molar-refractivity contribution in [2.24, 2.45) is 0 Å². The van der Waals surface area contributed by atoms with Crippen molar-refractivity contribution in [1.29, 1.82) is 0 Å². The summed E-state index contributed by atoms with van der Waals surface area (Å²) in [5, 5.41) is 12.1. The van der Waals surface area contributed by atoms with E-state index in [4.69, 9.17) is 5.11 Å². The average molecular weight is 193 g/mol. The van der Waals surface area contributed by atoms with E-state index in [9.17, 15) is 0 Å². The largest absolute Gasteiger partial charge is 0.501 e. The standard InChI is InChI=1S/C7H15NOS2/c1-7(2,3)8-5(4-10)6(9)11/h5,8,10H,4H2,1-3H3,(H,9,11)/t5-/m0/s1. The van der Waals surface area contributed by atoms with E-state index >= 15 is 0 Å². The molecule has 1 atom stereocenters. The summed E-state index contributed by atoms with van der Waals surface area (Å²) in [6.07, 6.45) is 0. The highest BCUT2D eigenvalue weighted by Crippen LogP contribution is 2.03. The lowest BCUT2D eigenvalue weighted by atomic mass is 10.1. The van der Waals surface area contributed by atoms with Crippen molar-refractivity contribution in [3.8, 4) is 0 Å². The zero-order valence-corrected chi connectivity index (χ0v) is 8.80. The van der Waals surface area contributed by atoms with Crippen LogP contribution in [0.25, 0.3) is 0 Å². The Morgan fingerprint density at radius 2 is 2.09 bits per heavy atom. The summed E-state index contributed by atoms with van der Waals surface area (Å²) < 4.78 is 0. The van der Waals surface area contributed by atoms with Gasteiger partial charge in [-0.1, -0.05) is 0 Å². The lowest BCUT2D eigenvalue weighted by Gasteiger charge is -2.25. The second-order valence-corrected chi connectivity index (χ2v) is 4.25. The molecule has 0 amide bonds. The molecule has 66 valence electrons. The molecular weight excluding hydrogens is 178 g/mol. The fourth-order valence-electron chi connectivity index (χ4n) is 0.708. The number of hydrogen-bond acceptors (Lipinski definition) is 3. The van der Waals surface area contributed by atoms with Gasteiger partial charge in [-0.3, -0.25) is 0 Å². The smallest absolute Gasteiger partial charge is 0.174 e. The van der Waals surface area contributed by atoms with Crippen LogP contribution in [0.1, 0.15) is 20.8 Å². The van der Waals surface area contributed by atoms with E-state index in [2.05, 4.69) is 30.2 Å². The first-order chi connectivity index (χ1) is 4.87. The van der Waals surface area contributed by atoms with Crippen LogP contribution in [0, 0.1) is 0 Å². The van der Waals surface area contributed by atoms with Gasteiger partial charge >= 0.3 is 0 Å². The maximum atomic E-state index is 9.00. The van der Waals surface area contributed by atoms with Crippen molar-refractivity contribution in [3.05, 3.63) is 0 Å².